The Morgan fingerprint density at radius 1 is 1.07 bits per heavy atom. The van der Waals surface area contributed by atoms with Crippen LogP contribution in [-0.2, 0) is 17.9 Å². The first kappa shape index (κ1) is 22.2. The zero-order chi connectivity index (χ0) is 20.2. The molecule has 3 N–H and O–H groups in total. The summed E-state index contributed by atoms with van der Waals surface area (Å²) >= 11 is 0. The lowest BCUT2D eigenvalue weighted by molar-refractivity contribution is -0.121. The summed E-state index contributed by atoms with van der Waals surface area (Å²) in [5.74, 6) is 0.805. The Balaban J connectivity index is 1.79. The number of benzene rings is 1. The van der Waals surface area contributed by atoms with Gasteiger partial charge in [-0.15, -0.1) is 0 Å². The van der Waals surface area contributed by atoms with Crippen molar-refractivity contribution in [2.24, 2.45) is 4.99 Å². The lowest BCUT2D eigenvalue weighted by Crippen LogP contribution is -2.40. The van der Waals surface area contributed by atoms with E-state index < -0.39 is 0 Å². The van der Waals surface area contributed by atoms with E-state index in [-0.39, 0.29) is 11.9 Å². The van der Waals surface area contributed by atoms with Gasteiger partial charge in [0.25, 0.3) is 0 Å². The van der Waals surface area contributed by atoms with Crippen molar-refractivity contribution >= 4 is 11.9 Å². The minimum Gasteiger partial charge on any atom is -0.357 e. The summed E-state index contributed by atoms with van der Waals surface area (Å²) in [7, 11) is 0. The summed E-state index contributed by atoms with van der Waals surface area (Å²) in [6, 6.07) is 8.95. The number of hydrogen-bond donors (Lipinski definition) is 3. The van der Waals surface area contributed by atoms with Gasteiger partial charge in [-0.05, 0) is 57.8 Å². The minimum atomic E-state index is 0.0580. The van der Waals surface area contributed by atoms with Gasteiger partial charge in [-0.1, -0.05) is 30.7 Å². The lowest BCUT2D eigenvalue weighted by Gasteiger charge is -2.26. The van der Waals surface area contributed by atoms with E-state index in [1.165, 1.54) is 43.5 Å². The average molecular weight is 388 g/mol. The Hall–Kier alpha value is -2.08. The van der Waals surface area contributed by atoms with Gasteiger partial charge >= 0.3 is 0 Å². The van der Waals surface area contributed by atoms with Gasteiger partial charge in [0.15, 0.2) is 5.96 Å². The van der Waals surface area contributed by atoms with E-state index >= 15 is 0 Å². The number of piperidine rings is 1. The molecule has 1 fully saturated rings. The summed E-state index contributed by atoms with van der Waals surface area (Å²) in [6.07, 6.45) is 4.46. The smallest absolute Gasteiger partial charge is 0.221 e. The number of hydrogen-bond acceptors (Lipinski definition) is 3. The van der Waals surface area contributed by atoms with E-state index in [9.17, 15) is 4.79 Å². The Morgan fingerprint density at radius 3 is 2.39 bits per heavy atom. The van der Waals surface area contributed by atoms with Crippen molar-refractivity contribution in [2.45, 2.75) is 65.6 Å². The molecule has 0 unspecified atom stereocenters. The summed E-state index contributed by atoms with van der Waals surface area (Å²) in [5, 5.41) is 9.36. The molecule has 0 spiro atoms. The van der Waals surface area contributed by atoms with Gasteiger partial charge in [0.1, 0.15) is 0 Å². The van der Waals surface area contributed by atoms with Crippen LogP contribution in [0.25, 0.3) is 0 Å². The topological polar surface area (TPSA) is 68.8 Å². The third kappa shape index (κ3) is 8.74. The van der Waals surface area contributed by atoms with Crippen molar-refractivity contribution in [1.82, 2.24) is 20.9 Å². The predicted molar refractivity (Wildman–Crippen MR) is 116 cm³/mol. The Kier molecular flexibility index (Phi) is 9.83. The van der Waals surface area contributed by atoms with E-state index in [1.54, 1.807) is 0 Å². The van der Waals surface area contributed by atoms with Crippen LogP contribution in [0.4, 0.5) is 0 Å². The molecule has 1 amide bonds. The zero-order valence-corrected chi connectivity index (χ0v) is 17.8. The molecule has 1 aromatic rings. The number of guanidine groups is 1. The Labute approximate surface area is 170 Å². The minimum absolute atomic E-state index is 0.0580. The maximum Gasteiger partial charge on any atom is 0.221 e. The van der Waals surface area contributed by atoms with Gasteiger partial charge in [0.05, 0.1) is 6.54 Å². The number of aliphatic imine (C=N–C) groups is 1. The molecular formula is C22H37N5O. The SMILES string of the molecule is CCNC(=NCc1ccc(CN2CCCCC2)cc1)NCCC(=O)NC(C)C. The first-order valence-corrected chi connectivity index (χ1v) is 10.7. The van der Waals surface area contributed by atoms with Crippen molar-refractivity contribution in [3.05, 3.63) is 35.4 Å². The quantitative estimate of drug-likeness (QED) is 0.450. The number of rotatable bonds is 9. The second-order valence-corrected chi connectivity index (χ2v) is 7.75. The van der Waals surface area contributed by atoms with Crippen LogP contribution in [0.1, 0.15) is 57.6 Å². The van der Waals surface area contributed by atoms with E-state index in [4.69, 9.17) is 0 Å². The molecule has 0 radical (unpaired) electrons. The van der Waals surface area contributed by atoms with Gasteiger partial charge in [-0.2, -0.15) is 0 Å². The molecule has 6 nitrogen and oxygen atoms in total. The fraction of sp³-hybridized carbons (Fsp3) is 0.636. The summed E-state index contributed by atoms with van der Waals surface area (Å²) < 4.78 is 0. The second-order valence-electron chi connectivity index (χ2n) is 7.75. The van der Waals surface area contributed by atoms with Crippen molar-refractivity contribution in [3.8, 4) is 0 Å². The van der Waals surface area contributed by atoms with Crippen LogP contribution in [0.15, 0.2) is 29.3 Å². The van der Waals surface area contributed by atoms with E-state index in [0.29, 0.717) is 19.5 Å². The first-order chi connectivity index (χ1) is 13.6. The summed E-state index contributed by atoms with van der Waals surface area (Å²) in [4.78, 5) is 18.9. The highest BCUT2D eigenvalue weighted by molar-refractivity contribution is 5.81. The molecule has 0 aromatic heterocycles. The van der Waals surface area contributed by atoms with Crippen molar-refractivity contribution in [3.63, 3.8) is 0 Å². The molecule has 1 aromatic carbocycles. The standard InChI is InChI=1S/C22H37N5O/c1-4-23-22(24-13-12-21(28)26-18(2)3)25-16-19-8-10-20(11-9-19)17-27-14-6-5-7-15-27/h8-11,18H,4-7,12-17H2,1-3H3,(H,26,28)(H2,23,24,25). The van der Waals surface area contributed by atoms with Crippen molar-refractivity contribution in [2.75, 3.05) is 26.2 Å². The molecule has 0 atom stereocenters. The van der Waals surface area contributed by atoms with E-state index in [1.807, 2.05) is 20.8 Å². The van der Waals surface area contributed by atoms with Gasteiger partial charge in [0, 0.05) is 32.1 Å². The fourth-order valence-corrected chi connectivity index (χ4v) is 3.33. The number of nitrogens with one attached hydrogen (secondary N) is 3. The first-order valence-electron chi connectivity index (χ1n) is 10.7. The van der Waals surface area contributed by atoms with Gasteiger partial charge < -0.3 is 16.0 Å². The lowest BCUT2D eigenvalue weighted by atomic mass is 10.1. The highest BCUT2D eigenvalue weighted by atomic mass is 16.1. The number of nitrogens with zero attached hydrogens (tertiary/aromatic N) is 2. The van der Waals surface area contributed by atoms with E-state index in [0.717, 1.165) is 19.0 Å². The molecule has 1 aliphatic heterocycles. The normalized spacial score (nSPS) is 15.5. The van der Waals surface area contributed by atoms with Crippen LogP contribution in [0, 0.1) is 0 Å². The van der Waals surface area contributed by atoms with Crippen molar-refractivity contribution in [1.29, 1.82) is 0 Å². The number of carbonyl (C=O) groups is 1. The molecule has 1 heterocycles. The third-order valence-electron chi connectivity index (χ3n) is 4.74. The molecule has 28 heavy (non-hydrogen) atoms. The Bertz CT molecular complexity index is 606. The van der Waals surface area contributed by atoms with Crippen molar-refractivity contribution < 1.29 is 4.79 Å². The molecule has 1 aliphatic rings. The van der Waals surface area contributed by atoms with Crippen LogP contribution < -0.4 is 16.0 Å². The average Bonchev–Trinajstić information content (AvgIpc) is 2.67. The van der Waals surface area contributed by atoms with Crippen LogP contribution in [-0.4, -0.2) is 49.0 Å². The molecule has 156 valence electrons. The van der Waals surface area contributed by atoms with Crippen LogP contribution in [0.5, 0.6) is 0 Å². The third-order valence-corrected chi connectivity index (χ3v) is 4.74. The molecular weight excluding hydrogens is 350 g/mol. The maximum atomic E-state index is 11.7. The highest BCUT2D eigenvalue weighted by Gasteiger charge is 2.10. The van der Waals surface area contributed by atoms with Crippen LogP contribution in [0.2, 0.25) is 0 Å². The molecule has 0 bridgehead atoms. The number of likely N-dealkylation sites (tertiary alicyclic amines) is 1. The molecule has 6 heteroatoms. The summed E-state index contributed by atoms with van der Waals surface area (Å²) in [6.45, 7) is 11.4. The highest BCUT2D eigenvalue weighted by Crippen LogP contribution is 2.14. The number of amides is 1. The van der Waals surface area contributed by atoms with Gasteiger partial charge in [0.2, 0.25) is 5.91 Å². The fourth-order valence-electron chi connectivity index (χ4n) is 3.33. The maximum absolute atomic E-state index is 11.7. The Morgan fingerprint density at radius 2 is 1.75 bits per heavy atom. The molecule has 2 rings (SSSR count). The molecule has 1 saturated heterocycles. The monoisotopic (exact) mass is 387 g/mol. The summed E-state index contributed by atoms with van der Waals surface area (Å²) in [5.41, 5.74) is 2.56. The van der Waals surface area contributed by atoms with Crippen LogP contribution in [0.3, 0.4) is 0 Å². The number of carbonyl (C=O) groups excluding carboxylic acids is 1. The second kappa shape index (κ2) is 12.4. The molecule has 0 saturated carbocycles. The largest absolute Gasteiger partial charge is 0.357 e. The van der Waals surface area contributed by atoms with E-state index in [2.05, 4.69) is 50.1 Å². The van der Waals surface area contributed by atoms with Crippen LogP contribution >= 0.6 is 0 Å². The molecule has 0 aliphatic carbocycles. The van der Waals surface area contributed by atoms with Gasteiger partial charge in [-0.3, -0.25) is 9.69 Å². The van der Waals surface area contributed by atoms with Gasteiger partial charge in [-0.25, -0.2) is 4.99 Å². The predicted octanol–water partition coefficient (Wildman–Crippen LogP) is 2.64. The zero-order valence-electron chi connectivity index (χ0n) is 17.8.